The van der Waals surface area contributed by atoms with E-state index in [4.69, 9.17) is 0 Å². The first-order valence-corrected chi connectivity index (χ1v) is 10.3. The maximum absolute atomic E-state index is 12.5. The Morgan fingerprint density at radius 3 is 2.66 bits per heavy atom. The number of hydrogen-bond acceptors (Lipinski definition) is 3. The van der Waals surface area contributed by atoms with Crippen molar-refractivity contribution in [3.63, 3.8) is 0 Å². The molecule has 0 radical (unpaired) electrons. The highest BCUT2D eigenvalue weighted by molar-refractivity contribution is 5.79. The van der Waals surface area contributed by atoms with E-state index in [2.05, 4.69) is 60.4 Å². The zero-order valence-electron chi connectivity index (χ0n) is 17.4. The molecule has 150 valence electrons. The Balaban J connectivity index is 1.52. The molecule has 0 saturated heterocycles. The van der Waals surface area contributed by atoms with Crippen LogP contribution in [0.4, 0.5) is 0 Å². The fourth-order valence-corrected chi connectivity index (χ4v) is 3.97. The Morgan fingerprint density at radius 1 is 1.17 bits per heavy atom. The molecule has 1 unspecified atom stereocenters. The van der Waals surface area contributed by atoms with E-state index in [0.717, 1.165) is 36.1 Å². The largest absolute Gasteiger partial charge is 0.349 e. The summed E-state index contributed by atoms with van der Waals surface area (Å²) in [6.07, 6.45) is 8.69. The van der Waals surface area contributed by atoms with Gasteiger partial charge < -0.3 is 5.32 Å². The summed E-state index contributed by atoms with van der Waals surface area (Å²) in [5, 5.41) is 7.85. The maximum Gasteiger partial charge on any atom is 0.224 e. The number of pyridine rings is 1. The number of aromatic nitrogens is 3. The molecule has 5 heteroatoms. The van der Waals surface area contributed by atoms with Crippen LogP contribution in [0.1, 0.15) is 62.0 Å². The monoisotopic (exact) mass is 388 g/mol. The lowest BCUT2D eigenvalue weighted by atomic mass is 9.87. The first kappa shape index (κ1) is 19.4. The van der Waals surface area contributed by atoms with Crippen molar-refractivity contribution in [3.05, 3.63) is 77.4 Å². The third-order valence-corrected chi connectivity index (χ3v) is 5.58. The number of carbonyl (C=O) groups is 1. The van der Waals surface area contributed by atoms with Crippen LogP contribution < -0.4 is 5.32 Å². The number of fused-ring (bicyclic) bond motifs is 1. The number of benzene rings is 1. The van der Waals surface area contributed by atoms with Crippen LogP contribution in [0.3, 0.4) is 0 Å². The lowest BCUT2D eigenvalue weighted by Crippen LogP contribution is -2.32. The average Bonchev–Trinajstić information content (AvgIpc) is 3.13. The maximum atomic E-state index is 12.5. The number of carbonyl (C=O) groups excluding carboxylic acids is 1. The van der Waals surface area contributed by atoms with Gasteiger partial charge in [-0.05, 0) is 54.0 Å². The molecule has 0 spiro atoms. The molecule has 0 bridgehead atoms. The molecule has 29 heavy (non-hydrogen) atoms. The van der Waals surface area contributed by atoms with E-state index in [1.165, 1.54) is 11.3 Å². The first-order valence-electron chi connectivity index (χ1n) is 10.3. The van der Waals surface area contributed by atoms with Crippen molar-refractivity contribution in [1.29, 1.82) is 0 Å². The van der Waals surface area contributed by atoms with Gasteiger partial charge >= 0.3 is 0 Å². The van der Waals surface area contributed by atoms with Crippen LogP contribution in [0.5, 0.6) is 0 Å². The van der Waals surface area contributed by atoms with E-state index < -0.39 is 0 Å². The summed E-state index contributed by atoms with van der Waals surface area (Å²) in [5.74, 6) is 0.0260. The molecule has 1 aliphatic rings. The number of nitrogens with one attached hydrogen (secondary N) is 1. The van der Waals surface area contributed by atoms with Crippen LogP contribution in [-0.4, -0.2) is 20.7 Å². The average molecular weight is 389 g/mol. The molecule has 0 saturated carbocycles. The van der Waals surface area contributed by atoms with Crippen LogP contribution in [0.15, 0.2) is 55.0 Å². The molecule has 1 aliphatic carbocycles. The van der Waals surface area contributed by atoms with E-state index in [0.29, 0.717) is 6.42 Å². The fraction of sp³-hybridized carbons (Fsp3) is 0.375. The minimum absolute atomic E-state index is 0.0190. The van der Waals surface area contributed by atoms with Crippen molar-refractivity contribution in [3.8, 4) is 5.69 Å². The Labute approximate surface area is 172 Å². The van der Waals surface area contributed by atoms with Crippen molar-refractivity contribution < 1.29 is 4.79 Å². The highest BCUT2D eigenvalue weighted by Crippen LogP contribution is 2.31. The van der Waals surface area contributed by atoms with Crippen LogP contribution in [0.2, 0.25) is 0 Å². The van der Waals surface area contributed by atoms with Gasteiger partial charge in [0.2, 0.25) is 5.91 Å². The van der Waals surface area contributed by atoms with Gasteiger partial charge in [-0.1, -0.05) is 39.0 Å². The number of hydrogen-bond donors (Lipinski definition) is 1. The summed E-state index contributed by atoms with van der Waals surface area (Å²) >= 11 is 0. The first-order chi connectivity index (χ1) is 13.9. The molecule has 0 fully saturated rings. The highest BCUT2D eigenvalue weighted by atomic mass is 16.1. The molecule has 3 aromatic rings. The summed E-state index contributed by atoms with van der Waals surface area (Å²) in [5.41, 5.74) is 5.77. The van der Waals surface area contributed by atoms with Crippen LogP contribution >= 0.6 is 0 Å². The van der Waals surface area contributed by atoms with E-state index in [-0.39, 0.29) is 17.4 Å². The van der Waals surface area contributed by atoms with E-state index in [1.807, 2.05) is 23.0 Å². The van der Waals surface area contributed by atoms with Crippen molar-refractivity contribution in [2.24, 2.45) is 0 Å². The second-order valence-electron chi connectivity index (χ2n) is 8.81. The van der Waals surface area contributed by atoms with Crippen LogP contribution in [0.25, 0.3) is 5.69 Å². The standard InChI is InChI=1S/C24H28N4O/c1-24(2,3)18-9-11-19(12-10-18)28-22-8-4-7-21(20(22)16-26-28)27-23(29)14-17-6-5-13-25-15-17/h5-6,9-13,15-16,21H,4,7-8,14H2,1-3H3,(H,27,29). The summed E-state index contributed by atoms with van der Waals surface area (Å²) < 4.78 is 2.03. The molecule has 0 aliphatic heterocycles. The predicted octanol–water partition coefficient (Wildman–Crippen LogP) is 4.30. The third-order valence-electron chi connectivity index (χ3n) is 5.58. The minimum atomic E-state index is 0.0190. The van der Waals surface area contributed by atoms with Crippen molar-refractivity contribution in [2.75, 3.05) is 0 Å². The molecular weight excluding hydrogens is 360 g/mol. The van der Waals surface area contributed by atoms with Crippen molar-refractivity contribution in [1.82, 2.24) is 20.1 Å². The van der Waals surface area contributed by atoms with Gasteiger partial charge in [0.25, 0.3) is 0 Å². The van der Waals surface area contributed by atoms with Gasteiger partial charge in [0, 0.05) is 23.7 Å². The molecule has 1 atom stereocenters. The SMILES string of the molecule is CC(C)(C)c1ccc(-n2ncc3c2CCCC3NC(=O)Cc2cccnc2)cc1. The van der Waals surface area contributed by atoms with E-state index in [1.54, 1.807) is 12.4 Å². The van der Waals surface area contributed by atoms with Gasteiger partial charge in [-0.15, -0.1) is 0 Å². The molecule has 2 aromatic heterocycles. The van der Waals surface area contributed by atoms with Gasteiger partial charge in [-0.25, -0.2) is 4.68 Å². The summed E-state index contributed by atoms with van der Waals surface area (Å²) in [7, 11) is 0. The second-order valence-corrected chi connectivity index (χ2v) is 8.81. The third kappa shape index (κ3) is 4.24. The summed E-state index contributed by atoms with van der Waals surface area (Å²) in [6.45, 7) is 6.66. The smallest absolute Gasteiger partial charge is 0.224 e. The molecule has 2 heterocycles. The Kier molecular flexibility index (Phi) is 5.22. The second kappa shape index (κ2) is 7.82. The number of amides is 1. The Bertz CT molecular complexity index is 984. The quantitative estimate of drug-likeness (QED) is 0.725. The van der Waals surface area contributed by atoms with Crippen molar-refractivity contribution in [2.45, 2.75) is 57.9 Å². The van der Waals surface area contributed by atoms with E-state index in [9.17, 15) is 4.79 Å². The molecular formula is C24H28N4O. The topological polar surface area (TPSA) is 59.8 Å². The lowest BCUT2D eigenvalue weighted by molar-refractivity contribution is -0.121. The summed E-state index contributed by atoms with van der Waals surface area (Å²) in [6, 6.07) is 12.4. The number of nitrogens with zero attached hydrogens (tertiary/aromatic N) is 3. The highest BCUT2D eigenvalue weighted by Gasteiger charge is 2.26. The molecule has 1 N–H and O–H groups in total. The van der Waals surface area contributed by atoms with Gasteiger partial charge in [0.15, 0.2) is 0 Å². The lowest BCUT2D eigenvalue weighted by Gasteiger charge is -2.24. The van der Waals surface area contributed by atoms with Gasteiger partial charge in [-0.2, -0.15) is 5.10 Å². The number of rotatable bonds is 4. The van der Waals surface area contributed by atoms with Gasteiger partial charge in [-0.3, -0.25) is 9.78 Å². The Morgan fingerprint density at radius 2 is 1.97 bits per heavy atom. The molecule has 4 rings (SSSR count). The van der Waals surface area contributed by atoms with Crippen LogP contribution in [0, 0.1) is 0 Å². The minimum Gasteiger partial charge on any atom is -0.349 e. The normalized spacial score (nSPS) is 16.3. The van der Waals surface area contributed by atoms with Gasteiger partial charge in [0.05, 0.1) is 24.3 Å². The van der Waals surface area contributed by atoms with Gasteiger partial charge in [0.1, 0.15) is 0 Å². The summed E-state index contributed by atoms with van der Waals surface area (Å²) in [4.78, 5) is 16.6. The van der Waals surface area contributed by atoms with Crippen LogP contribution in [-0.2, 0) is 23.1 Å². The zero-order valence-corrected chi connectivity index (χ0v) is 17.4. The predicted molar refractivity (Wildman–Crippen MR) is 114 cm³/mol. The molecule has 5 nitrogen and oxygen atoms in total. The van der Waals surface area contributed by atoms with Crippen molar-refractivity contribution >= 4 is 5.91 Å². The zero-order chi connectivity index (χ0) is 20.4. The molecule has 1 aromatic carbocycles. The molecule has 1 amide bonds. The Hall–Kier alpha value is -2.95. The van der Waals surface area contributed by atoms with E-state index >= 15 is 0 Å². The fourth-order valence-electron chi connectivity index (χ4n) is 3.97.